The SMILES string of the molecule is CC(=O)c1c(C)c2cnc(Nc3ccc4c(n3)CCN(C(=O)C(=O)O)C4)nc2n(C2CCCC2)c1=O.CC(=O)c1c(C)c2cnc(Nc3ccc4c(n3)CCN(C3CCNCC3)C4)nc2n(C2CCCC2)c1=O.CC(=O)c1c(C)c2cnc(Nc3ccc4c(n3)CCN(C3COC3)C4)nc2n(C2CCCC2)c1=O. The Kier molecular flexibility index (Phi) is 21.0. The molecule has 29 heteroatoms. The topological polar surface area (TPSA) is 355 Å². The van der Waals surface area contributed by atoms with E-state index in [-0.39, 0.29) is 87.9 Å². The highest BCUT2D eigenvalue weighted by molar-refractivity contribution is 6.31. The highest BCUT2D eigenvalue weighted by Crippen LogP contribution is 2.37. The molecule has 9 aromatic rings. The summed E-state index contributed by atoms with van der Waals surface area (Å²) in [5, 5.41) is 24.2. The van der Waals surface area contributed by atoms with Gasteiger partial charge in [-0.1, -0.05) is 56.7 Å². The van der Waals surface area contributed by atoms with Crippen LogP contribution >= 0.6 is 0 Å². The number of piperidine rings is 1. The molecule has 0 aromatic carbocycles. The number of carbonyl (C=O) groups is 5. The van der Waals surface area contributed by atoms with Crippen LogP contribution in [0.15, 0.2) is 69.4 Å². The third-order valence-electron chi connectivity index (χ3n) is 23.1. The number of pyridine rings is 6. The van der Waals surface area contributed by atoms with Crippen molar-refractivity contribution in [1.82, 2.24) is 78.6 Å². The smallest absolute Gasteiger partial charge is 0.394 e. The zero-order chi connectivity index (χ0) is 75.2. The number of rotatable bonds is 14. The number of aromatic nitrogens is 12. The van der Waals surface area contributed by atoms with Crippen LogP contribution in [0.5, 0.6) is 0 Å². The summed E-state index contributed by atoms with van der Waals surface area (Å²) in [6, 6.07) is 13.0. The number of hydrogen-bond acceptors (Lipinski definition) is 24. The minimum absolute atomic E-state index is 0.0141. The number of nitrogens with one attached hydrogen (secondary N) is 4. The highest BCUT2D eigenvalue weighted by Gasteiger charge is 2.34. The zero-order valence-corrected chi connectivity index (χ0v) is 62.0. The normalized spacial score (nSPS) is 18.0. The van der Waals surface area contributed by atoms with E-state index in [9.17, 15) is 38.4 Å². The molecule has 5 N–H and O–H groups in total. The number of fused-ring (bicyclic) bond motifs is 6. The van der Waals surface area contributed by atoms with Gasteiger partial charge in [0.2, 0.25) is 17.8 Å². The van der Waals surface area contributed by atoms with Crippen molar-refractivity contribution >= 4 is 97.6 Å². The minimum atomic E-state index is -1.47. The largest absolute Gasteiger partial charge is 0.474 e. The first-order valence-corrected chi connectivity index (χ1v) is 38.1. The van der Waals surface area contributed by atoms with Gasteiger partial charge in [-0.25, -0.2) is 34.7 Å². The Morgan fingerprint density at radius 3 is 1.12 bits per heavy atom. The first-order valence-electron chi connectivity index (χ1n) is 38.1. The molecule has 2 saturated heterocycles. The predicted octanol–water partition coefficient (Wildman–Crippen LogP) is 9.50. The molecule has 1 amide bonds. The zero-order valence-electron chi connectivity index (χ0n) is 62.0. The molecule has 562 valence electrons. The monoisotopic (exact) mass is 1470 g/mol. The lowest BCUT2D eigenvalue weighted by atomic mass is 9.99. The molecular weight excluding hydrogens is 1370 g/mol. The lowest BCUT2D eigenvalue weighted by molar-refractivity contribution is -0.156. The molecule has 5 aliphatic heterocycles. The first-order chi connectivity index (χ1) is 52.2. The molecule has 17 rings (SSSR count). The Morgan fingerprint density at radius 2 is 0.787 bits per heavy atom. The summed E-state index contributed by atoms with van der Waals surface area (Å²) < 4.78 is 10.5. The number of amides is 1. The molecule has 8 aliphatic rings. The minimum Gasteiger partial charge on any atom is -0.474 e. The van der Waals surface area contributed by atoms with Crippen molar-refractivity contribution in [2.75, 3.05) is 61.9 Å². The summed E-state index contributed by atoms with van der Waals surface area (Å²) in [5.41, 5.74) is 9.73. The van der Waals surface area contributed by atoms with Crippen LogP contribution in [0.3, 0.4) is 0 Å². The number of carbonyl (C=O) groups excluding carboxylic acids is 4. The standard InChI is InChI=1S/C28H35N7O2.C26H30N6O3.C25H26N6O5/c1-17-22-15-30-28(33-26(22)35(21-5-3-4-6-21)27(37)25(17)18(2)36)32-24-8-7-19-16-34(14-11-23(19)31-24)20-9-12-29-13-10-20;1-15-20-11-27-26(30-24(20)32(18-5-3-4-6-18)25(34)23(15)16(2)33)29-22-8-7-17-12-31(19-13-35-14-19)10-9-21(17)28-22;1-13-17-11-26-25(29-21(17)31(16-5-3-4-6-16)22(33)20(13)14(2)32)28-19-8-7-15-12-30(23(34)24(35)36)10-9-18(15)27-19/h7-8,15,20-21,29H,3-6,9-14,16H2,1-2H3,(H,30,31,32,33);7-8,11,18-19H,3-6,9-10,12-14H2,1-2H3,(H,27,28,29,30);7-8,11,16H,3-6,9-10,12H2,1-2H3,(H,35,36)(H,26,27,28,29). The van der Waals surface area contributed by atoms with Gasteiger partial charge < -0.3 is 36.0 Å². The molecule has 0 bridgehead atoms. The maximum atomic E-state index is 13.4. The van der Waals surface area contributed by atoms with E-state index in [0.717, 1.165) is 176 Å². The average molecular weight is 1470 g/mol. The Labute approximate surface area is 622 Å². The van der Waals surface area contributed by atoms with E-state index < -0.39 is 11.9 Å². The first kappa shape index (κ1) is 73.0. The molecule has 29 nitrogen and oxygen atoms in total. The molecule has 3 saturated carbocycles. The van der Waals surface area contributed by atoms with Gasteiger partial charge in [-0.15, -0.1) is 0 Å². The van der Waals surface area contributed by atoms with Gasteiger partial charge in [0.1, 0.15) is 34.4 Å². The fraction of sp³-hybridized carbons (Fsp3) is 0.481. The van der Waals surface area contributed by atoms with Gasteiger partial charge in [-0.2, -0.15) is 15.0 Å². The van der Waals surface area contributed by atoms with Crippen molar-refractivity contribution in [3.63, 3.8) is 0 Å². The van der Waals surface area contributed by atoms with E-state index in [4.69, 9.17) is 29.8 Å². The molecule has 108 heavy (non-hydrogen) atoms. The van der Waals surface area contributed by atoms with Gasteiger partial charge in [-0.3, -0.25) is 57.1 Å². The second-order valence-corrected chi connectivity index (χ2v) is 30.0. The van der Waals surface area contributed by atoms with Gasteiger partial charge >= 0.3 is 11.9 Å². The van der Waals surface area contributed by atoms with Crippen LogP contribution in [0.25, 0.3) is 33.1 Å². The molecule has 3 aliphatic carbocycles. The van der Waals surface area contributed by atoms with Gasteiger partial charge in [0.15, 0.2) is 17.3 Å². The number of anilines is 6. The summed E-state index contributed by atoms with van der Waals surface area (Å²) in [7, 11) is 0. The van der Waals surface area contributed by atoms with Crippen LogP contribution < -0.4 is 37.9 Å². The summed E-state index contributed by atoms with van der Waals surface area (Å²) in [5.74, 6) is -0.120. The van der Waals surface area contributed by atoms with Crippen LogP contribution in [-0.2, 0) is 53.2 Å². The van der Waals surface area contributed by atoms with Gasteiger partial charge in [0, 0.05) is 135 Å². The molecule has 0 unspecified atom stereocenters. The van der Waals surface area contributed by atoms with Crippen molar-refractivity contribution in [3.05, 3.63) is 153 Å². The number of nitrogens with zero attached hydrogens (tertiary/aromatic N) is 15. The fourth-order valence-electron chi connectivity index (χ4n) is 17.3. The van der Waals surface area contributed by atoms with Crippen LogP contribution in [0.4, 0.5) is 35.3 Å². The Balaban J connectivity index is 0.000000129. The molecule has 9 aromatic heterocycles. The van der Waals surface area contributed by atoms with E-state index in [0.29, 0.717) is 86.9 Å². The summed E-state index contributed by atoms with van der Waals surface area (Å²) in [4.78, 5) is 148. The Hall–Kier alpha value is -10.5. The molecule has 5 fully saturated rings. The van der Waals surface area contributed by atoms with Crippen LogP contribution in [0.2, 0.25) is 0 Å². The number of carboxylic acids is 1. The van der Waals surface area contributed by atoms with Gasteiger partial charge in [-0.05, 0) is 158 Å². The fourth-order valence-corrected chi connectivity index (χ4v) is 17.3. The van der Waals surface area contributed by atoms with Crippen molar-refractivity contribution < 1.29 is 33.8 Å². The van der Waals surface area contributed by atoms with Crippen molar-refractivity contribution in [3.8, 4) is 0 Å². The molecule has 0 spiro atoms. The number of aliphatic carboxylic acids is 1. The average Bonchev–Trinajstić information content (AvgIpc) is 1.08. The number of ketones is 3. The van der Waals surface area contributed by atoms with E-state index in [1.807, 2.05) is 19.1 Å². The number of carboxylic acid groups (broad SMARTS) is 1. The quantitative estimate of drug-likeness (QED) is 0.0499. The van der Waals surface area contributed by atoms with E-state index in [1.165, 1.54) is 49.6 Å². The molecule has 0 atom stereocenters. The van der Waals surface area contributed by atoms with Crippen molar-refractivity contribution in [2.45, 2.75) is 201 Å². The van der Waals surface area contributed by atoms with Crippen LogP contribution in [-0.4, -0.2) is 166 Å². The maximum Gasteiger partial charge on any atom is 0.394 e. The number of ether oxygens (including phenoxy) is 1. The second kappa shape index (κ2) is 31.0. The third kappa shape index (κ3) is 14.6. The Bertz CT molecular complexity index is 5280. The number of Topliss-reactive ketones (excluding diaryl/α,β-unsaturated/α-hetero) is 3. The van der Waals surface area contributed by atoms with Crippen molar-refractivity contribution in [1.29, 1.82) is 0 Å². The highest BCUT2D eigenvalue weighted by atomic mass is 16.5. The van der Waals surface area contributed by atoms with E-state index in [2.05, 4.69) is 68.1 Å². The summed E-state index contributed by atoms with van der Waals surface area (Å²) >= 11 is 0. The molecule has 0 radical (unpaired) electrons. The van der Waals surface area contributed by atoms with Crippen LogP contribution in [0.1, 0.15) is 210 Å². The number of hydrogen-bond donors (Lipinski definition) is 5. The Morgan fingerprint density at radius 1 is 0.444 bits per heavy atom. The predicted molar refractivity (Wildman–Crippen MR) is 406 cm³/mol. The van der Waals surface area contributed by atoms with E-state index >= 15 is 0 Å². The lowest BCUT2D eigenvalue weighted by Crippen LogP contribution is -2.50. The second-order valence-electron chi connectivity index (χ2n) is 30.0. The van der Waals surface area contributed by atoms with Crippen LogP contribution in [0, 0.1) is 20.8 Å². The summed E-state index contributed by atoms with van der Waals surface area (Å²) in [6.45, 7) is 17.8. The molecule has 14 heterocycles. The van der Waals surface area contributed by atoms with Gasteiger partial charge in [0.25, 0.3) is 16.7 Å². The summed E-state index contributed by atoms with van der Waals surface area (Å²) in [6.07, 6.45) is 21.5. The third-order valence-corrected chi connectivity index (χ3v) is 23.1. The lowest BCUT2D eigenvalue weighted by Gasteiger charge is -2.39. The maximum absolute atomic E-state index is 13.4. The van der Waals surface area contributed by atoms with E-state index in [1.54, 1.807) is 58.3 Å². The number of aryl methyl sites for hydroxylation is 3. The van der Waals surface area contributed by atoms with Gasteiger partial charge in [0.05, 0.1) is 35.9 Å². The molecular formula is C79H91N19O10. The van der Waals surface area contributed by atoms with Crippen molar-refractivity contribution in [2.24, 2.45) is 0 Å².